The summed E-state index contributed by atoms with van der Waals surface area (Å²) in [5.74, 6) is -1.39. The number of nitrogens with one attached hydrogen (secondary N) is 4. The molecule has 0 aliphatic carbocycles. The fourth-order valence-electron chi connectivity index (χ4n) is 3.69. The predicted molar refractivity (Wildman–Crippen MR) is 146 cm³/mol. The summed E-state index contributed by atoms with van der Waals surface area (Å²) in [6, 6.07) is 20.9. The second-order valence-corrected chi connectivity index (χ2v) is 9.26. The molecule has 1 heterocycles. The Hall–Kier alpha value is -3.96. The van der Waals surface area contributed by atoms with Gasteiger partial charge in [0, 0.05) is 44.4 Å². The maximum Gasteiger partial charge on any atom is 0.267 e. The van der Waals surface area contributed by atoms with Crippen LogP contribution in [0.4, 0.5) is 5.69 Å². The van der Waals surface area contributed by atoms with E-state index in [-0.39, 0.29) is 5.91 Å². The molecule has 36 heavy (non-hydrogen) atoms. The molecular formula is C27H23IN4O4. The Morgan fingerprint density at radius 2 is 1.69 bits per heavy atom. The van der Waals surface area contributed by atoms with Gasteiger partial charge in [0.15, 0.2) is 0 Å². The first kappa shape index (κ1) is 25.1. The summed E-state index contributed by atoms with van der Waals surface area (Å²) < 4.78 is 1.05. The molecule has 4 rings (SSSR count). The van der Waals surface area contributed by atoms with E-state index in [1.807, 2.05) is 54.7 Å². The minimum Gasteiger partial charge on any atom is -0.361 e. The second-order valence-electron chi connectivity index (χ2n) is 8.02. The Labute approximate surface area is 220 Å². The summed E-state index contributed by atoms with van der Waals surface area (Å²) >= 11 is 2.19. The fourth-order valence-corrected chi connectivity index (χ4v) is 4.05. The van der Waals surface area contributed by atoms with Crippen LogP contribution in [-0.4, -0.2) is 34.0 Å². The van der Waals surface area contributed by atoms with Crippen LogP contribution in [0.5, 0.6) is 0 Å². The van der Waals surface area contributed by atoms with Gasteiger partial charge >= 0.3 is 0 Å². The molecule has 5 N–H and O–H groups in total. The molecule has 0 saturated heterocycles. The molecule has 0 fully saturated rings. The lowest BCUT2D eigenvalue weighted by atomic mass is 10.0. The van der Waals surface area contributed by atoms with Crippen LogP contribution in [0.2, 0.25) is 0 Å². The van der Waals surface area contributed by atoms with Gasteiger partial charge in [0.05, 0.1) is 0 Å². The predicted octanol–water partition coefficient (Wildman–Crippen LogP) is 4.27. The number of anilines is 1. The van der Waals surface area contributed by atoms with E-state index in [2.05, 4.69) is 38.2 Å². The number of fused-ring (bicyclic) bond motifs is 1. The molecule has 182 valence electrons. The van der Waals surface area contributed by atoms with Crippen LogP contribution >= 0.6 is 22.6 Å². The number of benzene rings is 3. The van der Waals surface area contributed by atoms with E-state index in [1.54, 1.807) is 24.3 Å². The van der Waals surface area contributed by atoms with Gasteiger partial charge in [-0.3, -0.25) is 19.6 Å². The van der Waals surface area contributed by atoms with Crippen molar-refractivity contribution >= 4 is 63.0 Å². The lowest BCUT2D eigenvalue weighted by molar-refractivity contribution is -0.124. The molecule has 1 atom stereocenters. The van der Waals surface area contributed by atoms with Crippen LogP contribution < -0.4 is 16.1 Å². The van der Waals surface area contributed by atoms with Crippen molar-refractivity contribution in [1.82, 2.24) is 15.8 Å². The summed E-state index contributed by atoms with van der Waals surface area (Å²) in [7, 11) is 0. The van der Waals surface area contributed by atoms with E-state index in [9.17, 15) is 14.4 Å². The normalized spacial score (nSPS) is 11.8. The smallest absolute Gasteiger partial charge is 0.267 e. The lowest BCUT2D eigenvalue weighted by Crippen LogP contribution is -2.45. The van der Waals surface area contributed by atoms with E-state index >= 15 is 0 Å². The largest absolute Gasteiger partial charge is 0.361 e. The number of rotatable bonds is 8. The van der Waals surface area contributed by atoms with Gasteiger partial charge < -0.3 is 15.6 Å². The topological polar surface area (TPSA) is 123 Å². The van der Waals surface area contributed by atoms with Gasteiger partial charge in [0.1, 0.15) is 6.04 Å². The Bertz CT molecular complexity index is 1410. The summed E-state index contributed by atoms with van der Waals surface area (Å²) in [6.45, 7) is 0. The highest BCUT2D eigenvalue weighted by Crippen LogP contribution is 2.20. The maximum absolute atomic E-state index is 13.3. The van der Waals surface area contributed by atoms with E-state index in [0.29, 0.717) is 23.2 Å². The van der Waals surface area contributed by atoms with E-state index in [4.69, 9.17) is 5.21 Å². The van der Waals surface area contributed by atoms with E-state index in [1.165, 1.54) is 17.6 Å². The Morgan fingerprint density at radius 1 is 0.972 bits per heavy atom. The summed E-state index contributed by atoms with van der Waals surface area (Å²) in [4.78, 5) is 40.7. The van der Waals surface area contributed by atoms with Crippen LogP contribution in [-0.2, 0) is 16.0 Å². The number of carbonyl (C=O) groups is 3. The number of aromatic amines is 1. The SMILES string of the molecule is O=C(/C=C/c1ccc(C(=O)NC(Cc2c[nH]c3ccccc23)C(=O)Nc2ccc(I)cc2)cc1)NO. The maximum atomic E-state index is 13.3. The van der Waals surface area contributed by atoms with Crippen molar-refractivity contribution in [3.05, 3.63) is 105 Å². The minimum absolute atomic E-state index is 0.295. The molecule has 1 unspecified atom stereocenters. The molecule has 0 spiro atoms. The molecule has 0 aliphatic rings. The monoisotopic (exact) mass is 594 g/mol. The summed E-state index contributed by atoms with van der Waals surface area (Å²) in [5.41, 5.74) is 5.06. The minimum atomic E-state index is -0.830. The van der Waals surface area contributed by atoms with Gasteiger partial charge in [0.25, 0.3) is 11.8 Å². The standard InChI is InChI=1S/C27H23IN4O4/c28-20-10-12-21(13-11-20)30-27(35)24(15-19-16-29-23-4-2-1-3-22(19)23)31-26(34)18-8-5-17(6-9-18)7-14-25(33)32-36/h1-14,16,24,29,36H,15H2,(H,30,35)(H,31,34)(H,32,33)/b14-7+. The molecule has 4 aromatic rings. The van der Waals surface area contributed by atoms with Crippen LogP contribution in [0.1, 0.15) is 21.5 Å². The van der Waals surface area contributed by atoms with Gasteiger partial charge in [-0.1, -0.05) is 30.3 Å². The first-order valence-corrected chi connectivity index (χ1v) is 12.2. The third-order valence-electron chi connectivity index (χ3n) is 5.54. The Balaban J connectivity index is 1.54. The second kappa shape index (κ2) is 11.6. The average Bonchev–Trinajstić information content (AvgIpc) is 3.31. The quantitative estimate of drug-likeness (QED) is 0.0905. The number of amides is 3. The number of carbonyl (C=O) groups excluding carboxylic acids is 3. The van der Waals surface area contributed by atoms with Gasteiger partial charge in [-0.2, -0.15) is 0 Å². The summed E-state index contributed by atoms with van der Waals surface area (Å²) in [5, 5.41) is 15.3. The van der Waals surface area contributed by atoms with Crippen molar-refractivity contribution in [2.75, 3.05) is 5.32 Å². The van der Waals surface area contributed by atoms with Crippen LogP contribution in [0.3, 0.4) is 0 Å². The van der Waals surface area contributed by atoms with Crippen LogP contribution in [0.25, 0.3) is 17.0 Å². The Kier molecular flexibility index (Phi) is 8.13. The number of halogens is 1. The molecule has 8 nitrogen and oxygen atoms in total. The molecular weight excluding hydrogens is 571 g/mol. The lowest BCUT2D eigenvalue weighted by Gasteiger charge is -2.19. The zero-order valence-electron chi connectivity index (χ0n) is 19.0. The highest BCUT2D eigenvalue weighted by molar-refractivity contribution is 14.1. The molecule has 3 amide bonds. The van der Waals surface area contributed by atoms with Crippen LogP contribution in [0.15, 0.2) is 85.1 Å². The van der Waals surface area contributed by atoms with Crippen molar-refractivity contribution in [3.8, 4) is 0 Å². The van der Waals surface area contributed by atoms with Crippen LogP contribution in [0, 0.1) is 3.57 Å². The van der Waals surface area contributed by atoms with Gasteiger partial charge in [-0.15, -0.1) is 0 Å². The summed E-state index contributed by atoms with van der Waals surface area (Å²) in [6.07, 6.45) is 4.82. The van der Waals surface area contributed by atoms with Gasteiger partial charge in [-0.05, 0) is 82.3 Å². The number of aromatic nitrogens is 1. The average molecular weight is 594 g/mol. The molecule has 9 heteroatoms. The van der Waals surface area contributed by atoms with Crippen molar-refractivity contribution in [1.29, 1.82) is 0 Å². The third kappa shape index (κ3) is 6.37. The van der Waals surface area contributed by atoms with Gasteiger partial charge in [-0.25, -0.2) is 5.48 Å². The highest BCUT2D eigenvalue weighted by atomic mass is 127. The molecule has 0 radical (unpaired) electrons. The van der Waals surface area contributed by atoms with Crippen molar-refractivity contribution in [3.63, 3.8) is 0 Å². The molecule has 1 aromatic heterocycles. The number of hydroxylamine groups is 1. The first-order valence-electron chi connectivity index (χ1n) is 11.1. The van der Waals surface area contributed by atoms with Crippen molar-refractivity contribution in [2.24, 2.45) is 0 Å². The highest BCUT2D eigenvalue weighted by Gasteiger charge is 2.23. The number of hydrogen-bond acceptors (Lipinski definition) is 4. The third-order valence-corrected chi connectivity index (χ3v) is 6.26. The molecule has 0 aliphatic heterocycles. The molecule has 0 bridgehead atoms. The van der Waals surface area contributed by atoms with Crippen molar-refractivity contribution in [2.45, 2.75) is 12.5 Å². The van der Waals surface area contributed by atoms with E-state index in [0.717, 1.165) is 20.0 Å². The number of hydrogen-bond donors (Lipinski definition) is 5. The van der Waals surface area contributed by atoms with E-state index < -0.39 is 17.9 Å². The Morgan fingerprint density at radius 3 is 2.42 bits per heavy atom. The first-order chi connectivity index (χ1) is 17.4. The fraction of sp³-hybridized carbons (Fsp3) is 0.0741. The molecule has 3 aromatic carbocycles. The molecule has 0 saturated carbocycles. The zero-order chi connectivity index (χ0) is 25.5. The van der Waals surface area contributed by atoms with Gasteiger partial charge in [0.2, 0.25) is 5.91 Å². The number of H-pyrrole nitrogens is 1. The van der Waals surface area contributed by atoms with Crippen molar-refractivity contribution < 1.29 is 19.6 Å². The zero-order valence-corrected chi connectivity index (χ0v) is 21.2. The number of para-hydroxylation sites is 1.